The first kappa shape index (κ1) is 15.3. The number of rotatable bonds is 3. The number of hydrogen-bond donors (Lipinski definition) is 0. The van der Waals surface area contributed by atoms with Crippen molar-refractivity contribution in [3.63, 3.8) is 0 Å². The third kappa shape index (κ3) is 3.28. The Labute approximate surface area is 144 Å². The predicted octanol–water partition coefficient (Wildman–Crippen LogP) is 3.31. The molecule has 0 radical (unpaired) electrons. The molecule has 5 nitrogen and oxygen atoms in total. The second-order valence-electron chi connectivity index (χ2n) is 4.49. The molecule has 7 heteroatoms. The zero-order chi connectivity index (χ0) is 16.2. The lowest BCUT2D eigenvalue weighted by Crippen LogP contribution is -2.14. The summed E-state index contributed by atoms with van der Waals surface area (Å²) in [7, 11) is 0. The summed E-state index contributed by atoms with van der Waals surface area (Å²) in [6, 6.07) is 16.3. The highest BCUT2D eigenvalue weighted by atomic mass is 79.9. The van der Waals surface area contributed by atoms with E-state index in [2.05, 4.69) is 26.0 Å². The molecule has 23 heavy (non-hydrogen) atoms. The van der Waals surface area contributed by atoms with Crippen molar-refractivity contribution in [1.82, 2.24) is 9.78 Å². The van der Waals surface area contributed by atoms with E-state index >= 15 is 0 Å². The highest BCUT2D eigenvalue weighted by molar-refractivity contribution is 9.10. The van der Waals surface area contributed by atoms with Gasteiger partial charge in [-0.3, -0.25) is 4.79 Å². The van der Waals surface area contributed by atoms with Crippen LogP contribution >= 0.6 is 27.3 Å². The first-order valence-corrected chi connectivity index (χ1v) is 8.18. The van der Waals surface area contributed by atoms with Gasteiger partial charge in [0, 0.05) is 10.0 Å². The van der Waals surface area contributed by atoms with E-state index in [1.165, 1.54) is 4.68 Å². The van der Waals surface area contributed by atoms with E-state index < -0.39 is 0 Å². The highest BCUT2D eigenvalue weighted by Crippen LogP contribution is 2.16. The minimum absolute atomic E-state index is 0.196. The molecule has 0 aliphatic heterocycles. The normalized spacial score (nSPS) is 11.2. The smallest absolute Gasteiger partial charge is 0.224 e. The van der Waals surface area contributed by atoms with Crippen molar-refractivity contribution in [3.05, 3.63) is 74.4 Å². The number of halogens is 1. The summed E-state index contributed by atoms with van der Waals surface area (Å²) in [6.45, 7) is 0. The van der Waals surface area contributed by atoms with E-state index in [4.69, 9.17) is 5.26 Å². The molecule has 2 aromatic carbocycles. The van der Waals surface area contributed by atoms with Crippen LogP contribution < -0.4 is 4.80 Å². The molecular formula is C16H9BrN4OS. The first-order chi connectivity index (χ1) is 11.2. The summed E-state index contributed by atoms with van der Waals surface area (Å²) in [6.07, 6.45) is 1.75. The third-order valence-electron chi connectivity index (χ3n) is 2.99. The Hall–Kier alpha value is -2.56. The Morgan fingerprint density at radius 2 is 2.00 bits per heavy atom. The van der Waals surface area contributed by atoms with Crippen molar-refractivity contribution in [1.29, 1.82) is 5.26 Å². The molecule has 0 saturated carbocycles. The van der Waals surface area contributed by atoms with Gasteiger partial charge in [-0.25, -0.2) is 4.68 Å². The lowest BCUT2D eigenvalue weighted by Gasteiger charge is -2.01. The topological polar surface area (TPSA) is 71.0 Å². The quantitative estimate of drug-likeness (QED) is 0.513. The van der Waals surface area contributed by atoms with Crippen molar-refractivity contribution in [2.75, 3.05) is 0 Å². The summed E-state index contributed by atoms with van der Waals surface area (Å²) in [4.78, 5) is 16.6. The molecule has 0 atom stereocenters. The van der Waals surface area contributed by atoms with E-state index in [1.807, 2.05) is 30.3 Å². The summed E-state index contributed by atoms with van der Waals surface area (Å²) >= 11 is 4.48. The number of carbonyl (C=O) groups excluding carboxylic acids is 1. The van der Waals surface area contributed by atoms with Crippen LogP contribution in [0.25, 0.3) is 5.69 Å². The van der Waals surface area contributed by atoms with E-state index in [9.17, 15) is 4.79 Å². The Balaban J connectivity index is 2.12. The molecule has 1 aromatic heterocycles. The molecule has 0 aliphatic rings. The van der Waals surface area contributed by atoms with E-state index in [-0.39, 0.29) is 10.8 Å². The van der Waals surface area contributed by atoms with E-state index in [1.54, 1.807) is 30.5 Å². The lowest BCUT2D eigenvalue weighted by molar-refractivity contribution is 0.103. The van der Waals surface area contributed by atoms with Gasteiger partial charge >= 0.3 is 0 Å². The molecule has 0 fully saturated rings. The molecule has 0 amide bonds. The molecule has 0 aliphatic carbocycles. The van der Waals surface area contributed by atoms with Gasteiger partial charge in [0.1, 0.15) is 0 Å². The van der Waals surface area contributed by atoms with Gasteiger partial charge in [0.2, 0.25) is 16.8 Å². The van der Waals surface area contributed by atoms with Crippen molar-refractivity contribution in [3.8, 4) is 11.9 Å². The number of nitriles is 1. The Kier molecular flexibility index (Phi) is 4.46. The van der Waals surface area contributed by atoms with Crippen LogP contribution in [0, 0.1) is 11.5 Å². The fraction of sp³-hybridized carbons (Fsp3) is 0. The average molecular weight is 385 g/mol. The predicted molar refractivity (Wildman–Crippen MR) is 90.2 cm³/mol. The summed E-state index contributed by atoms with van der Waals surface area (Å²) < 4.78 is 2.36. The Morgan fingerprint density at radius 3 is 2.70 bits per heavy atom. The van der Waals surface area contributed by atoms with Gasteiger partial charge in [-0.1, -0.05) is 63.7 Å². The van der Waals surface area contributed by atoms with Crippen LogP contribution in [0.15, 0.2) is 64.1 Å². The third-order valence-corrected chi connectivity index (χ3v) is 4.39. The summed E-state index contributed by atoms with van der Waals surface area (Å²) in [5, 5.41) is 13.5. The molecule has 0 saturated heterocycles. The number of ketones is 1. The summed E-state index contributed by atoms with van der Waals surface area (Å²) in [5.41, 5.74) is 1.27. The maximum atomic E-state index is 12.5. The van der Waals surface area contributed by atoms with Crippen molar-refractivity contribution >= 4 is 33.0 Å². The van der Waals surface area contributed by atoms with E-state index in [0.29, 0.717) is 10.4 Å². The van der Waals surface area contributed by atoms with Gasteiger partial charge in [0.25, 0.3) is 0 Å². The van der Waals surface area contributed by atoms with Gasteiger partial charge in [0.05, 0.1) is 5.69 Å². The first-order valence-electron chi connectivity index (χ1n) is 6.58. The van der Waals surface area contributed by atoms with E-state index in [0.717, 1.165) is 21.5 Å². The van der Waals surface area contributed by atoms with Gasteiger partial charge in [0.15, 0.2) is 5.01 Å². The highest BCUT2D eigenvalue weighted by Gasteiger charge is 2.16. The van der Waals surface area contributed by atoms with Crippen LogP contribution in [-0.2, 0) is 0 Å². The maximum Gasteiger partial charge on any atom is 0.224 e. The maximum absolute atomic E-state index is 12.5. The fourth-order valence-corrected chi connectivity index (χ4v) is 3.19. The molecule has 1 heterocycles. The Morgan fingerprint density at radius 1 is 1.22 bits per heavy atom. The number of nitrogens with zero attached hydrogens (tertiary/aromatic N) is 4. The Bertz CT molecular complexity index is 969. The molecule has 0 unspecified atom stereocenters. The van der Waals surface area contributed by atoms with Crippen LogP contribution in [0.5, 0.6) is 0 Å². The van der Waals surface area contributed by atoms with Crippen LogP contribution in [0.1, 0.15) is 15.4 Å². The van der Waals surface area contributed by atoms with Crippen molar-refractivity contribution < 1.29 is 4.79 Å². The fourth-order valence-electron chi connectivity index (χ4n) is 1.98. The molecule has 0 spiro atoms. The average Bonchev–Trinajstić information content (AvgIpc) is 2.99. The van der Waals surface area contributed by atoms with Crippen molar-refractivity contribution in [2.24, 2.45) is 4.99 Å². The van der Waals surface area contributed by atoms with Gasteiger partial charge < -0.3 is 0 Å². The zero-order valence-corrected chi connectivity index (χ0v) is 14.1. The molecule has 0 bridgehead atoms. The minimum Gasteiger partial charge on any atom is -0.286 e. The van der Waals surface area contributed by atoms with Crippen molar-refractivity contribution in [2.45, 2.75) is 0 Å². The SMILES string of the molecule is N#CN=c1sc(C(=O)c2ccccc2)nn1-c1cccc(Br)c1. The van der Waals surface area contributed by atoms with Gasteiger partial charge in [-0.2, -0.15) is 10.4 Å². The molecular weight excluding hydrogens is 376 g/mol. The molecule has 3 aromatic rings. The second-order valence-corrected chi connectivity index (χ2v) is 6.36. The van der Waals surface area contributed by atoms with Crippen LogP contribution in [0.4, 0.5) is 0 Å². The number of hydrogen-bond acceptors (Lipinski definition) is 5. The number of aromatic nitrogens is 2. The standard InChI is InChI=1S/C16H9BrN4OS/c17-12-7-4-8-13(9-12)21-16(19-10-18)23-15(20-21)14(22)11-5-2-1-3-6-11/h1-9H. The zero-order valence-electron chi connectivity index (χ0n) is 11.7. The number of carbonyl (C=O) groups is 1. The second kappa shape index (κ2) is 6.69. The monoisotopic (exact) mass is 384 g/mol. The largest absolute Gasteiger partial charge is 0.286 e. The minimum atomic E-state index is -0.196. The molecule has 112 valence electrons. The lowest BCUT2D eigenvalue weighted by atomic mass is 10.1. The van der Waals surface area contributed by atoms with Crippen LogP contribution in [0.2, 0.25) is 0 Å². The summed E-state index contributed by atoms with van der Waals surface area (Å²) in [5.74, 6) is -0.196. The molecule has 0 N–H and O–H groups in total. The molecule has 3 rings (SSSR count). The van der Waals surface area contributed by atoms with Crippen LogP contribution in [0.3, 0.4) is 0 Å². The van der Waals surface area contributed by atoms with Crippen LogP contribution in [-0.4, -0.2) is 15.6 Å². The van der Waals surface area contributed by atoms with Gasteiger partial charge in [-0.15, -0.1) is 4.99 Å². The van der Waals surface area contributed by atoms with Gasteiger partial charge in [-0.05, 0) is 18.2 Å². The number of benzene rings is 2.